The molecule has 0 saturated carbocycles. The average molecular weight is 302 g/mol. The molecule has 0 aliphatic rings. The molecule has 2 aromatic carbocycles. The molecule has 0 aliphatic carbocycles. The number of carbonyl (C=O) groups excluding carboxylic acids is 2. The highest BCUT2D eigenvalue weighted by Gasteiger charge is 2.09. The maximum absolute atomic E-state index is 13.6. The summed E-state index contributed by atoms with van der Waals surface area (Å²) in [6.45, 7) is 1.40. The first-order valence-corrected chi connectivity index (χ1v) is 6.52. The van der Waals surface area contributed by atoms with Crippen molar-refractivity contribution < 1.29 is 18.7 Å². The molecule has 0 unspecified atom stereocenters. The number of hydrogen-bond donors (Lipinski definition) is 2. The topological polar surface area (TPSA) is 67.4 Å². The summed E-state index contributed by atoms with van der Waals surface area (Å²) in [5.41, 5.74) is 1.32. The Labute approximate surface area is 127 Å². The molecule has 114 valence electrons. The molecular weight excluding hydrogens is 287 g/mol. The fraction of sp³-hybridized carbons (Fsp3) is 0.125. The summed E-state index contributed by atoms with van der Waals surface area (Å²) in [6.07, 6.45) is 0. The molecule has 0 bridgehead atoms. The van der Waals surface area contributed by atoms with Crippen LogP contribution in [0.1, 0.15) is 17.3 Å². The van der Waals surface area contributed by atoms with Crippen molar-refractivity contribution in [1.82, 2.24) is 0 Å². The molecule has 0 spiro atoms. The van der Waals surface area contributed by atoms with Gasteiger partial charge in [-0.1, -0.05) is 0 Å². The first kappa shape index (κ1) is 15.5. The van der Waals surface area contributed by atoms with E-state index in [0.29, 0.717) is 16.9 Å². The average Bonchev–Trinajstić information content (AvgIpc) is 2.47. The lowest BCUT2D eigenvalue weighted by atomic mass is 10.2. The van der Waals surface area contributed by atoms with Crippen LogP contribution in [-0.2, 0) is 4.79 Å². The van der Waals surface area contributed by atoms with Gasteiger partial charge in [0, 0.05) is 29.9 Å². The maximum atomic E-state index is 13.6. The summed E-state index contributed by atoms with van der Waals surface area (Å²) in [4.78, 5) is 23.0. The van der Waals surface area contributed by atoms with Crippen molar-refractivity contribution in [1.29, 1.82) is 0 Å². The molecule has 2 rings (SSSR count). The van der Waals surface area contributed by atoms with E-state index in [4.69, 9.17) is 4.74 Å². The van der Waals surface area contributed by atoms with Gasteiger partial charge >= 0.3 is 0 Å². The molecule has 0 heterocycles. The standard InChI is InChI=1S/C16H15FN2O3/c1-10(20)18-12-5-3-11(4-6-12)16(21)19-13-7-8-15(22-2)14(17)9-13/h3-9H,1-2H3,(H,18,20)(H,19,21). The highest BCUT2D eigenvalue weighted by atomic mass is 19.1. The number of methoxy groups -OCH3 is 1. The number of carbonyl (C=O) groups is 2. The van der Waals surface area contributed by atoms with Crippen molar-refractivity contribution in [2.45, 2.75) is 6.92 Å². The summed E-state index contributed by atoms with van der Waals surface area (Å²) in [5, 5.41) is 5.20. The minimum absolute atomic E-state index is 0.109. The van der Waals surface area contributed by atoms with Gasteiger partial charge in [-0.2, -0.15) is 0 Å². The SMILES string of the molecule is COc1ccc(NC(=O)c2ccc(NC(C)=O)cc2)cc1F. The molecule has 2 N–H and O–H groups in total. The molecule has 0 fully saturated rings. The van der Waals surface area contributed by atoms with Crippen LogP contribution < -0.4 is 15.4 Å². The lowest BCUT2D eigenvalue weighted by molar-refractivity contribution is -0.114. The molecular formula is C16H15FN2O3. The van der Waals surface area contributed by atoms with Crippen LogP contribution in [-0.4, -0.2) is 18.9 Å². The normalized spacial score (nSPS) is 9.95. The van der Waals surface area contributed by atoms with E-state index >= 15 is 0 Å². The number of amides is 2. The third-order valence-corrected chi connectivity index (χ3v) is 2.88. The van der Waals surface area contributed by atoms with E-state index < -0.39 is 5.82 Å². The number of ether oxygens (including phenoxy) is 1. The number of nitrogens with one attached hydrogen (secondary N) is 2. The highest BCUT2D eigenvalue weighted by Crippen LogP contribution is 2.21. The van der Waals surface area contributed by atoms with E-state index in [0.717, 1.165) is 0 Å². The second kappa shape index (κ2) is 6.71. The first-order valence-electron chi connectivity index (χ1n) is 6.52. The number of rotatable bonds is 4. The number of benzene rings is 2. The summed E-state index contributed by atoms with van der Waals surface area (Å²) >= 11 is 0. The second-order valence-electron chi connectivity index (χ2n) is 4.56. The van der Waals surface area contributed by atoms with Gasteiger partial charge in [-0.3, -0.25) is 9.59 Å². The van der Waals surface area contributed by atoms with Gasteiger partial charge in [-0.15, -0.1) is 0 Å². The molecule has 0 aliphatic heterocycles. The maximum Gasteiger partial charge on any atom is 0.255 e. The van der Waals surface area contributed by atoms with Crippen molar-refractivity contribution >= 4 is 23.2 Å². The lowest BCUT2D eigenvalue weighted by Crippen LogP contribution is -2.12. The van der Waals surface area contributed by atoms with Crippen molar-refractivity contribution in [3.8, 4) is 5.75 Å². The number of hydrogen-bond acceptors (Lipinski definition) is 3. The van der Waals surface area contributed by atoms with Gasteiger partial charge in [-0.05, 0) is 36.4 Å². The summed E-state index contributed by atoms with van der Waals surface area (Å²) in [7, 11) is 1.37. The Balaban J connectivity index is 2.08. The molecule has 2 amide bonds. The van der Waals surface area contributed by atoms with Crippen LogP contribution in [0.25, 0.3) is 0 Å². The van der Waals surface area contributed by atoms with Crippen molar-refractivity contribution in [2.75, 3.05) is 17.7 Å². The Hall–Kier alpha value is -2.89. The van der Waals surface area contributed by atoms with Gasteiger partial charge in [0.15, 0.2) is 11.6 Å². The van der Waals surface area contributed by atoms with E-state index in [-0.39, 0.29) is 17.6 Å². The fourth-order valence-corrected chi connectivity index (χ4v) is 1.86. The predicted molar refractivity (Wildman–Crippen MR) is 81.7 cm³/mol. The van der Waals surface area contributed by atoms with Gasteiger partial charge in [-0.25, -0.2) is 4.39 Å². The molecule has 22 heavy (non-hydrogen) atoms. The minimum atomic E-state index is -0.554. The van der Waals surface area contributed by atoms with Crippen LogP contribution in [0.5, 0.6) is 5.75 Å². The Bertz CT molecular complexity index is 699. The molecule has 0 saturated heterocycles. The lowest BCUT2D eigenvalue weighted by Gasteiger charge is -2.08. The minimum Gasteiger partial charge on any atom is -0.494 e. The Morgan fingerprint density at radius 1 is 1.00 bits per heavy atom. The molecule has 6 heteroatoms. The Morgan fingerprint density at radius 3 is 2.18 bits per heavy atom. The Kier molecular flexibility index (Phi) is 4.73. The van der Waals surface area contributed by atoms with Crippen LogP contribution in [0.15, 0.2) is 42.5 Å². The van der Waals surface area contributed by atoms with Crippen LogP contribution in [0.3, 0.4) is 0 Å². The van der Waals surface area contributed by atoms with Gasteiger partial charge in [0.2, 0.25) is 5.91 Å². The van der Waals surface area contributed by atoms with Crippen LogP contribution in [0, 0.1) is 5.82 Å². The Morgan fingerprint density at radius 2 is 1.64 bits per heavy atom. The molecule has 2 aromatic rings. The number of anilines is 2. The number of halogens is 1. The fourth-order valence-electron chi connectivity index (χ4n) is 1.86. The summed E-state index contributed by atoms with van der Waals surface area (Å²) in [5.74, 6) is -1.01. The van der Waals surface area contributed by atoms with E-state index in [1.807, 2.05) is 0 Å². The van der Waals surface area contributed by atoms with Gasteiger partial charge in [0.1, 0.15) is 0 Å². The predicted octanol–water partition coefficient (Wildman–Crippen LogP) is 3.05. The quantitative estimate of drug-likeness (QED) is 0.912. The van der Waals surface area contributed by atoms with E-state index in [1.165, 1.54) is 26.2 Å². The largest absolute Gasteiger partial charge is 0.494 e. The summed E-state index contributed by atoms with van der Waals surface area (Å²) < 4.78 is 18.4. The molecule has 0 aromatic heterocycles. The van der Waals surface area contributed by atoms with E-state index in [2.05, 4.69) is 10.6 Å². The van der Waals surface area contributed by atoms with Gasteiger partial charge < -0.3 is 15.4 Å². The zero-order valence-corrected chi connectivity index (χ0v) is 12.1. The molecule has 0 atom stereocenters. The zero-order valence-electron chi connectivity index (χ0n) is 12.1. The van der Waals surface area contributed by atoms with E-state index in [1.54, 1.807) is 30.3 Å². The van der Waals surface area contributed by atoms with Crippen molar-refractivity contribution in [2.24, 2.45) is 0 Å². The third kappa shape index (κ3) is 3.82. The smallest absolute Gasteiger partial charge is 0.255 e. The van der Waals surface area contributed by atoms with Crippen LogP contribution in [0.4, 0.5) is 15.8 Å². The first-order chi connectivity index (χ1) is 10.5. The molecule has 5 nitrogen and oxygen atoms in total. The van der Waals surface area contributed by atoms with E-state index in [9.17, 15) is 14.0 Å². The monoisotopic (exact) mass is 302 g/mol. The van der Waals surface area contributed by atoms with Gasteiger partial charge in [0.25, 0.3) is 5.91 Å². The second-order valence-corrected chi connectivity index (χ2v) is 4.56. The van der Waals surface area contributed by atoms with Crippen molar-refractivity contribution in [3.05, 3.63) is 53.8 Å². The van der Waals surface area contributed by atoms with Gasteiger partial charge in [0.05, 0.1) is 7.11 Å². The van der Waals surface area contributed by atoms with Crippen LogP contribution >= 0.6 is 0 Å². The van der Waals surface area contributed by atoms with Crippen molar-refractivity contribution in [3.63, 3.8) is 0 Å². The summed E-state index contributed by atoms with van der Waals surface area (Å²) in [6, 6.07) is 10.5. The molecule has 0 radical (unpaired) electrons. The highest BCUT2D eigenvalue weighted by molar-refractivity contribution is 6.04. The zero-order chi connectivity index (χ0) is 16.1. The van der Waals surface area contributed by atoms with Crippen LogP contribution in [0.2, 0.25) is 0 Å². The third-order valence-electron chi connectivity index (χ3n) is 2.88.